The Morgan fingerprint density at radius 1 is 1.39 bits per heavy atom. The van der Waals surface area contributed by atoms with E-state index < -0.39 is 5.97 Å². The van der Waals surface area contributed by atoms with Crippen molar-refractivity contribution < 1.29 is 14.6 Å². The molecule has 0 spiro atoms. The Labute approximate surface area is 107 Å². The third-order valence-electron chi connectivity index (χ3n) is 2.53. The Morgan fingerprint density at radius 2 is 2.06 bits per heavy atom. The van der Waals surface area contributed by atoms with Crippen LogP contribution in [0.3, 0.4) is 0 Å². The number of hydrogen-bond donors (Lipinski definition) is 1. The molecule has 0 aliphatic rings. The fourth-order valence-electron chi connectivity index (χ4n) is 1.54. The summed E-state index contributed by atoms with van der Waals surface area (Å²) in [5.74, 6) is -0.932. The van der Waals surface area contributed by atoms with Crippen molar-refractivity contribution >= 4 is 12.0 Å². The lowest BCUT2D eigenvalue weighted by molar-refractivity contribution is -0.131. The Hall–Kier alpha value is -1.65. The third kappa shape index (κ3) is 5.61. The first-order chi connectivity index (χ1) is 8.61. The second-order valence-electron chi connectivity index (χ2n) is 4.14. The minimum absolute atomic E-state index is 0.718. The van der Waals surface area contributed by atoms with E-state index in [2.05, 4.69) is 4.90 Å². The van der Waals surface area contributed by atoms with Crippen LogP contribution in [0.5, 0.6) is 0 Å². The first-order valence-corrected chi connectivity index (χ1v) is 5.79. The van der Waals surface area contributed by atoms with Gasteiger partial charge in [0.25, 0.3) is 0 Å². The molecule has 98 valence electrons. The molecule has 0 heterocycles. The summed E-state index contributed by atoms with van der Waals surface area (Å²) in [5, 5.41) is 8.53. The number of likely N-dealkylation sites (N-methyl/N-ethyl adjacent to an activating group) is 1. The molecule has 0 saturated carbocycles. The number of benzene rings is 1. The number of methoxy groups -OCH3 is 1. The number of carboxylic acid groups (broad SMARTS) is 1. The molecule has 1 aromatic carbocycles. The van der Waals surface area contributed by atoms with Gasteiger partial charge in [-0.2, -0.15) is 0 Å². The molecule has 1 rings (SSSR count). The van der Waals surface area contributed by atoms with Crippen LogP contribution in [0.4, 0.5) is 0 Å². The van der Waals surface area contributed by atoms with Crippen LogP contribution in [-0.2, 0) is 16.1 Å². The van der Waals surface area contributed by atoms with Crippen molar-refractivity contribution in [3.05, 3.63) is 41.5 Å². The van der Waals surface area contributed by atoms with Gasteiger partial charge in [-0.3, -0.25) is 4.90 Å². The van der Waals surface area contributed by atoms with Crippen molar-refractivity contribution in [2.24, 2.45) is 0 Å². The number of rotatable bonds is 7. The smallest absolute Gasteiger partial charge is 0.328 e. The van der Waals surface area contributed by atoms with Crippen LogP contribution in [0.2, 0.25) is 0 Å². The van der Waals surface area contributed by atoms with E-state index in [1.165, 1.54) is 5.56 Å². The quantitative estimate of drug-likeness (QED) is 0.749. The second kappa shape index (κ2) is 7.63. The maximum absolute atomic E-state index is 10.4. The molecule has 18 heavy (non-hydrogen) atoms. The van der Waals surface area contributed by atoms with Gasteiger partial charge in [0.05, 0.1) is 6.61 Å². The second-order valence-corrected chi connectivity index (χ2v) is 4.14. The molecule has 0 saturated heterocycles. The minimum Gasteiger partial charge on any atom is -0.478 e. The fourth-order valence-corrected chi connectivity index (χ4v) is 1.54. The first-order valence-electron chi connectivity index (χ1n) is 5.79. The summed E-state index contributed by atoms with van der Waals surface area (Å²) < 4.78 is 5.02. The number of ether oxygens (including phenoxy) is 1. The van der Waals surface area contributed by atoms with Crippen LogP contribution in [0, 0.1) is 0 Å². The van der Waals surface area contributed by atoms with Gasteiger partial charge in [-0.1, -0.05) is 24.3 Å². The Kier molecular flexibility index (Phi) is 6.11. The predicted octanol–water partition coefficient (Wildman–Crippen LogP) is 1.86. The summed E-state index contributed by atoms with van der Waals surface area (Å²) in [6.07, 6.45) is 2.72. The molecule has 0 unspecified atom stereocenters. The summed E-state index contributed by atoms with van der Waals surface area (Å²) in [6.45, 7) is 2.46. The van der Waals surface area contributed by atoms with Crippen LogP contribution in [0.25, 0.3) is 6.08 Å². The average molecular weight is 249 g/mol. The highest BCUT2D eigenvalue weighted by atomic mass is 16.5. The van der Waals surface area contributed by atoms with Gasteiger partial charge in [-0.05, 0) is 24.3 Å². The minimum atomic E-state index is -0.932. The summed E-state index contributed by atoms with van der Waals surface area (Å²) in [6, 6.07) is 7.84. The molecule has 0 aliphatic heterocycles. The number of carboxylic acids is 1. The van der Waals surface area contributed by atoms with E-state index >= 15 is 0 Å². The predicted molar refractivity (Wildman–Crippen MR) is 71.3 cm³/mol. The van der Waals surface area contributed by atoms with Gasteiger partial charge in [0.2, 0.25) is 0 Å². The van der Waals surface area contributed by atoms with Gasteiger partial charge < -0.3 is 9.84 Å². The van der Waals surface area contributed by atoms with Gasteiger partial charge in [0.15, 0.2) is 0 Å². The number of carbonyl (C=O) groups is 1. The van der Waals surface area contributed by atoms with E-state index in [4.69, 9.17) is 9.84 Å². The zero-order chi connectivity index (χ0) is 13.4. The van der Waals surface area contributed by atoms with Crippen LogP contribution < -0.4 is 0 Å². The summed E-state index contributed by atoms with van der Waals surface area (Å²) in [4.78, 5) is 12.6. The molecule has 0 atom stereocenters. The lowest BCUT2D eigenvalue weighted by atomic mass is 10.1. The highest BCUT2D eigenvalue weighted by Gasteiger charge is 1.99. The van der Waals surface area contributed by atoms with E-state index in [-0.39, 0.29) is 0 Å². The van der Waals surface area contributed by atoms with Crippen molar-refractivity contribution in [1.82, 2.24) is 4.90 Å². The van der Waals surface area contributed by atoms with Gasteiger partial charge in [0, 0.05) is 26.3 Å². The molecule has 0 aromatic heterocycles. The Balaban J connectivity index is 2.52. The van der Waals surface area contributed by atoms with Crippen LogP contribution in [-0.4, -0.2) is 43.3 Å². The molecule has 4 nitrogen and oxygen atoms in total. The summed E-state index contributed by atoms with van der Waals surface area (Å²) in [7, 11) is 3.73. The first kappa shape index (κ1) is 14.4. The van der Waals surface area contributed by atoms with Crippen LogP contribution in [0.1, 0.15) is 11.1 Å². The van der Waals surface area contributed by atoms with Crippen LogP contribution >= 0.6 is 0 Å². The fraction of sp³-hybridized carbons (Fsp3) is 0.357. The molecular formula is C14H19NO3. The van der Waals surface area contributed by atoms with E-state index in [1.807, 2.05) is 31.3 Å². The number of hydrogen-bond acceptors (Lipinski definition) is 3. The van der Waals surface area contributed by atoms with Crippen molar-refractivity contribution in [2.45, 2.75) is 6.54 Å². The lowest BCUT2D eigenvalue weighted by Crippen LogP contribution is -2.22. The zero-order valence-electron chi connectivity index (χ0n) is 10.8. The molecular weight excluding hydrogens is 230 g/mol. The van der Waals surface area contributed by atoms with Crippen LogP contribution in [0.15, 0.2) is 30.3 Å². The Bertz CT molecular complexity index is 398. The molecule has 0 bridgehead atoms. The molecule has 0 fully saturated rings. The molecule has 0 amide bonds. The highest BCUT2D eigenvalue weighted by molar-refractivity contribution is 5.85. The molecule has 1 N–H and O–H groups in total. The summed E-state index contributed by atoms with van der Waals surface area (Å²) >= 11 is 0. The standard InChI is InChI=1S/C14H19NO3/c1-15(9-10-18-2)11-13-5-3-12(4-6-13)7-8-14(16)17/h3-8H,9-11H2,1-2H3,(H,16,17)/b8-7+. The van der Waals surface area contributed by atoms with Gasteiger partial charge >= 0.3 is 5.97 Å². The van der Waals surface area contributed by atoms with E-state index in [1.54, 1.807) is 13.2 Å². The zero-order valence-corrected chi connectivity index (χ0v) is 10.8. The van der Waals surface area contributed by atoms with Crippen molar-refractivity contribution in [3.63, 3.8) is 0 Å². The summed E-state index contributed by atoms with van der Waals surface area (Å²) in [5.41, 5.74) is 2.08. The largest absolute Gasteiger partial charge is 0.478 e. The van der Waals surface area contributed by atoms with Gasteiger partial charge in [-0.15, -0.1) is 0 Å². The molecule has 1 aromatic rings. The van der Waals surface area contributed by atoms with Crippen molar-refractivity contribution in [2.75, 3.05) is 27.3 Å². The monoisotopic (exact) mass is 249 g/mol. The third-order valence-corrected chi connectivity index (χ3v) is 2.53. The van der Waals surface area contributed by atoms with Gasteiger partial charge in [-0.25, -0.2) is 4.79 Å². The maximum Gasteiger partial charge on any atom is 0.328 e. The maximum atomic E-state index is 10.4. The van der Waals surface area contributed by atoms with Crippen molar-refractivity contribution in [3.8, 4) is 0 Å². The van der Waals surface area contributed by atoms with E-state index in [0.717, 1.165) is 31.3 Å². The van der Waals surface area contributed by atoms with Gasteiger partial charge in [0.1, 0.15) is 0 Å². The van der Waals surface area contributed by atoms with E-state index in [0.29, 0.717) is 0 Å². The highest BCUT2D eigenvalue weighted by Crippen LogP contribution is 2.08. The molecule has 4 heteroatoms. The topological polar surface area (TPSA) is 49.8 Å². The van der Waals surface area contributed by atoms with Crippen molar-refractivity contribution in [1.29, 1.82) is 0 Å². The SMILES string of the molecule is COCCN(C)Cc1ccc(/C=C/C(=O)O)cc1. The number of nitrogens with zero attached hydrogens (tertiary/aromatic N) is 1. The lowest BCUT2D eigenvalue weighted by Gasteiger charge is -2.15. The Morgan fingerprint density at radius 3 is 2.61 bits per heavy atom. The average Bonchev–Trinajstić information content (AvgIpc) is 2.35. The van der Waals surface area contributed by atoms with E-state index in [9.17, 15) is 4.79 Å². The molecule has 0 aliphatic carbocycles. The number of aliphatic carboxylic acids is 1. The molecule has 0 radical (unpaired) electrons. The normalized spacial score (nSPS) is 11.3.